The van der Waals surface area contributed by atoms with E-state index in [2.05, 4.69) is 21.4 Å². The second kappa shape index (κ2) is 9.31. The molecule has 2 aromatic heterocycles. The van der Waals surface area contributed by atoms with Gasteiger partial charge in [-0.2, -0.15) is 19.3 Å². The smallest absolute Gasteiger partial charge is 0.387 e. The summed E-state index contributed by atoms with van der Waals surface area (Å²) < 4.78 is 33.1. The van der Waals surface area contributed by atoms with Crippen molar-refractivity contribution in [2.75, 3.05) is 0 Å². The zero-order valence-corrected chi connectivity index (χ0v) is 19.0. The topological polar surface area (TPSA) is 86.9 Å². The molecule has 2 heterocycles. The van der Waals surface area contributed by atoms with Gasteiger partial charge in [-0.1, -0.05) is 0 Å². The summed E-state index contributed by atoms with van der Waals surface area (Å²) in [5, 5.41) is 29.4. The molecular formula is C27H24F2N4O2. The van der Waals surface area contributed by atoms with Crippen LogP contribution in [-0.4, -0.2) is 20.9 Å². The van der Waals surface area contributed by atoms with Gasteiger partial charge in [-0.05, 0) is 62.8 Å². The normalized spacial score (nSPS) is 15.7. The fraction of sp³-hybridized carbons (Fsp3) is 0.333. The first-order valence-electron chi connectivity index (χ1n) is 11.7. The van der Waals surface area contributed by atoms with Crippen molar-refractivity contribution in [3.05, 3.63) is 59.9 Å². The molecule has 4 aromatic rings. The maximum atomic E-state index is 12.2. The van der Waals surface area contributed by atoms with Crippen molar-refractivity contribution in [1.82, 2.24) is 9.13 Å². The molecule has 1 N–H and O–H groups in total. The van der Waals surface area contributed by atoms with Crippen molar-refractivity contribution in [1.29, 1.82) is 10.5 Å². The Hall–Kier alpha value is -4.04. The molecule has 0 spiro atoms. The van der Waals surface area contributed by atoms with E-state index >= 15 is 0 Å². The van der Waals surface area contributed by atoms with Crippen molar-refractivity contribution in [3.63, 3.8) is 0 Å². The number of halogens is 2. The molecule has 2 fully saturated rings. The molecule has 2 aromatic carbocycles. The van der Waals surface area contributed by atoms with Crippen LogP contribution in [0, 0.1) is 22.7 Å². The SMILES string of the molecule is N#Cc1cn(C2CCC2)c2cc(O)ccc12.N#Cc1cn(C2CCC2)c2cc(OC(F)F)ccc12. The Labute approximate surface area is 201 Å². The number of nitriles is 2. The van der Waals surface area contributed by atoms with Gasteiger partial charge in [-0.3, -0.25) is 0 Å². The second-order valence-electron chi connectivity index (χ2n) is 9.05. The van der Waals surface area contributed by atoms with Crippen molar-refractivity contribution in [2.24, 2.45) is 0 Å². The number of hydrogen-bond donors (Lipinski definition) is 1. The second-order valence-corrected chi connectivity index (χ2v) is 9.05. The number of hydrogen-bond acceptors (Lipinski definition) is 4. The summed E-state index contributed by atoms with van der Waals surface area (Å²) in [5.41, 5.74) is 3.04. The van der Waals surface area contributed by atoms with E-state index in [1.54, 1.807) is 30.5 Å². The van der Waals surface area contributed by atoms with Crippen LogP contribution < -0.4 is 4.74 Å². The maximum Gasteiger partial charge on any atom is 0.387 e. The quantitative estimate of drug-likeness (QED) is 0.353. The van der Waals surface area contributed by atoms with Gasteiger partial charge in [0.2, 0.25) is 0 Å². The van der Waals surface area contributed by atoms with Crippen LogP contribution in [0.1, 0.15) is 61.7 Å². The van der Waals surface area contributed by atoms with Crippen LogP contribution in [0.25, 0.3) is 21.8 Å². The summed E-state index contributed by atoms with van der Waals surface area (Å²) in [4.78, 5) is 0. The Morgan fingerprint density at radius 2 is 1.34 bits per heavy atom. The molecule has 35 heavy (non-hydrogen) atoms. The number of phenols is 1. The Kier molecular flexibility index (Phi) is 6.05. The minimum Gasteiger partial charge on any atom is -0.508 e. The lowest BCUT2D eigenvalue weighted by Crippen LogP contribution is -2.15. The van der Waals surface area contributed by atoms with E-state index in [4.69, 9.17) is 10.5 Å². The minimum absolute atomic E-state index is 0.130. The third kappa shape index (κ3) is 4.28. The van der Waals surface area contributed by atoms with E-state index in [9.17, 15) is 13.9 Å². The Balaban J connectivity index is 0.000000147. The summed E-state index contributed by atoms with van der Waals surface area (Å²) in [6, 6.07) is 15.1. The van der Waals surface area contributed by atoms with Crippen LogP contribution in [0.4, 0.5) is 8.78 Å². The lowest BCUT2D eigenvalue weighted by Gasteiger charge is -2.28. The summed E-state index contributed by atoms with van der Waals surface area (Å²) in [7, 11) is 0. The number of benzene rings is 2. The maximum absolute atomic E-state index is 12.2. The van der Waals surface area contributed by atoms with E-state index in [0.29, 0.717) is 23.2 Å². The van der Waals surface area contributed by atoms with Gasteiger partial charge in [-0.15, -0.1) is 0 Å². The lowest BCUT2D eigenvalue weighted by atomic mass is 9.93. The minimum atomic E-state index is -2.83. The molecule has 2 aliphatic rings. The first-order valence-corrected chi connectivity index (χ1v) is 11.7. The zero-order chi connectivity index (χ0) is 24.5. The fourth-order valence-electron chi connectivity index (χ4n) is 4.76. The number of ether oxygens (including phenoxy) is 1. The van der Waals surface area contributed by atoms with E-state index < -0.39 is 6.61 Å². The zero-order valence-electron chi connectivity index (χ0n) is 19.0. The number of aromatic hydroxyl groups is 1. The molecule has 0 saturated heterocycles. The summed E-state index contributed by atoms with van der Waals surface area (Å²) >= 11 is 0. The summed E-state index contributed by atoms with van der Waals surface area (Å²) in [6.45, 7) is -2.83. The molecule has 0 aliphatic heterocycles. The number of phenolic OH excluding ortho intramolecular Hbond substituents is 1. The Morgan fingerprint density at radius 3 is 1.80 bits per heavy atom. The molecule has 0 unspecified atom stereocenters. The molecule has 2 saturated carbocycles. The lowest BCUT2D eigenvalue weighted by molar-refractivity contribution is -0.0497. The van der Waals surface area contributed by atoms with Gasteiger partial charge in [0, 0.05) is 47.4 Å². The highest BCUT2D eigenvalue weighted by molar-refractivity contribution is 5.88. The molecule has 2 aliphatic carbocycles. The molecule has 0 radical (unpaired) electrons. The predicted octanol–water partition coefficient (Wildman–Crippen LogP) is 6.78. The highest BCUT2D eigenvalue weighted by Crippen LogP contribution is 2.38. The highest BCUT2D eigenvalue weighted by Gasteiger charge is 2.23. The largest absolute Gasteiger partial charge is 0.508 e. The van der Waals surface area contributed by atoms with Gasteiger partial charge < -0.3 is 19.0 Å². The number of aromatic nitrogens is 2. The van der Waals surface area contributed by atoms with Crippen molar-refractivity contribution >= 4 is 21.8 Å². The van der Waals surface area contributed by atoms with Crippen LogP contribution in [0.15, 0.2) is 48.8 Å². The molecule has 8 heteroatoms. The van der Waals surface area contributed by atoms with Crippen LogP contribution in [0.5, 0.6) is 11.5 Å². The third-order valence-electron chi connectivity index (χ3n) is 7.03. The number of alkyl halides is 2. The van der Waals surface area contributed by atoms with Gasteiger partial charge in [0.1, 0.15) is 23.6 Å². The number of nitrogens with zero attached hydrogens (tertiary/aromatic N) is 4. The van der Waals surface area contributed by atoms with Gasteiger partial charge in [0.15, 0.2) is 0 Å². The molecule has 0 atom stereocenters. The van der Waals surface area contributed by atoms with Gasteiger partial charge in [0.25, 0.3) is 0 Å². The van der Waals surface area contributed by atoms with Crippen LogP contribution in [0.2, 0.25) is 0 Å². The van der Waals surface area contributed by atoms with E-state index in [0.717, 1.165) is 34.6 Å². The van der Waals surface area contributed by atoms with Crippen LogP contribution >= 0.6 is 0 Å². The molecular weight excluding hydrogens is 450 g/mol. The van der Waals surface area contributed by atoms with Gasteiger partial charge >= 0.3 is 6.61 Å². The van der Waals surface area contributed by atoms with Crippen molar-refractivity contribution in [3.8, 4) is 23.6 Å². The molecule has 178 valence electrons. The van der Waals surface area contributed by atoms with Gasteiger partial charge in [-0.25, -0.2) is 0 Å². The summed E-state index contributed by atoms with van der Waals surface area (Å²) in [5.74, 6) is 0.390. The Bertz CT molecular complexity index is 1470. The first-order chi connectivity index (χ1) is 17.0. The summed E-state index contributed by atoms with van der Waals surface area (Å²) in [6.07, 6.45) is 10.6. The highest BCUT2D eigenvalue weighted by atomic mass is 19.3. The van der Waals surface area contributed by atoms with E-state index in [-0.39, 0.29) is 11.5 Å². The monoisotopic (exact) mass is 474 g/mol. The number of fused-ring (bicyclic) bond motifs is 2. The van der Waals surface area contributed by atoms with Crippen LogP contribution in [0.3, 0.4) is 0 Å². The predicted molar refractivity (Wildman–Crippen MR) is 127 cm³/mol. The van der Waals surface area contributed by atoms with E-state index in [1.165, 1.54) is 31.7 Å². The molecule has 6 nitrogen and oxygen atoms in total. The molecule has 6 rings (SSSR count). The van der Waals surface area contributed by atoms with E-state index in [1.807, 2.05) is 16.8 Å². The standard InChI is InChI=1S/C14H12F2N2O.C13H12N2O/c15-14(16)19-11-4-5-12-9(7-17)8-18(13(12)6-11)10-2-1-3-10;14-7-9-8-15(10-2-1-3-10)13-6-11(16)4-5-12(9)13/h4-6,8,10,14H,1-3H2;4-6,8,10,16H,1-3H2. The fourth-order valence-corrected chi connectivity index (χ4v) is 4.76. The number of rotatable bonds is 4. The average Bonchev–Trinajstić information content (AvgIpc) is 3.29. The first kappa shape index (κ1) is 22.7. The van der Waals surface area contributed by atoms with Crippen LogP contribution in [-0.2, 0) is 0 Å². The van der Waals surface area contributed by atoms with Crippen molar-refractivity contribution < 1.29 is 18.6 Å². The molecule has 0 amide bonds. The van der Waals surface area contributed by atoms with Crippen molar-refractivity contribution in [2.45, 2.75) is 57.2 Å². The third-order valence-corrected chi connectivity index (χ3v) is 7.03. The van der Waals surface area contributed by atoms with Gasteiger partial charge in [0.05, 0.1) is 22.2 Å². The average molecular weight is 475 g/mol. The molecule has 0 bridgehead atoms. The Morgan fingerprint density at radius 1 is 0.829 bits per heavy atom.